The average Bonchev–Trinajstić information content (AvgIpc) is 3.48. The van der Waals surface area contributed by atoms with Gasteiger partial charge in [0.05, 0.1) is 17.7 Å². The zero-order chi connectivity index (χ0) is 28.7. The summed E-state index contributed by atoms with van der Waals surface area (Å²) in [5.41, 5.74) is 2.09. The number of benzene rings is 3. The molecule has 2 amide bonds. The molecule has 1 aliphatic rings. The molecule has 0 aliphatic heterocycles. The van der Waals surface area contributed by atoms with Crippen LogP contribution in [0.15, 0.2) is 83.8 Å². The molecule has 1 fully saturated rings. The largest absolute Gasteiger partial charge is 0.495 e. The van der Waals surface area contributed by atoms with Gasteiger partial charge in [-0.25, -0.2) is 8.42 Å². The average molecular weight is 564 g/mol. The van der Waals surface area contributed by atoms with E-state index in [1.807, 2.05) is 31.2 Å². The van der Waals surface area contributed by atoms with Gasteiger partial charge in [-0.3, -0.25) is 13.9 Å². The van der Waals surface area contributed by atoms with Crippen LogP contribution in [0, 0.1) is 6.92 Å². The second-order valence-electron chi connectivity index (χ2n) is 10.1. The summed E-state index contributed by atoms with van der Waals surface area (Å²) in [7, 11) is -2.70. The van der Waals surface area contributed by atoms with E-state index in [2.05, 4.69) is 5.32 Å². The Hall–Kier alpha value is -3.85. The van der Waals surface area contributed by atoms with Crippen molar-refractivity contribution in [2.45, 2.75) is 63.1 Å². The zero-order valence-electron chi connectivity index (χ0n) is 23.2. The first-order valence-electron chi connectivity index (χ1n) is 13.6. The van der Waals surface area contributed by atoms with Gasteiger partial charge in [-0.1, -0.05) is 67.4 Å². The van der Waals surface area contributed by atoms with Crippen molar-refractivity contribution in [2.75, 3.05) is 18.0 Å². The van der Waals surface area contributed by atoms with Gasteiger partial charge in [0.25, 0.3) is 10.0 Å². The summed E-state index contributed by atoms with van der Waals surface area (Å²) in [6.45, 7) is 3.29. The van der Waals surface area contributed by atoms with Gasteiger partial charge in [-0.05, 0) is 62.1 Å². The molecule has 1 N–H and O–H groups in total. The highest BCUT2D eigenvalue weighted by Crippen LogP contribution is 2.32. The van der Waals surface area contributed by atoms with Gasteiger partial charge in [-0.15, -0.1) is 0 Å². The van der Waals surface area contributed by atoms with Crippen LogP contribution in [-0.2, 0) is 26.2 Å². The van der Waals surface area contributed by atoms with Crippen LogP contribution in [0.4, 0.5) is 5.69 Å². The van der Waals surface area contributed by atoms with Gasteiger partial charge in [0.1, 0.15) is 18.3 Å². The quantitative estimate of drug-likeness (QED) is 0.366. The molecule has 4 rings (SSSR count). The summed E-state index contributed by atoms with van der Waals surface area (Å²) in [5.74, 6) is -0.432. The van der Waals surface area contributed by atoms with Crippen molar-refractivity contribution in [2.24, 2.45) is 0 Å². The first-order chi connectivity index (χ1) is 19.2. The fourth-order valence-corrected chi connectivity index (χ4v) is 6.46. The highest BCUT2D eigenvalue weighted by Gasteiger charge is 2.34. The van der Waals surface area contributed by atoms with Crippen molar-refractivity contribution in [3.05, 3.63) is 90.0 Å². The topological polar surface area (TPSA) is 96.0 Å². The van der Waals surface area contributed by atoms with E-state index in [0.717, 1.165) is 41.1 Å². The lowest BCUT2D eigenvalue weighted by Gasteiger charge is -2.33. The molecule has 9 heteroatoms. The summed E-state index contributed by atoms with van der Waals surface area (Å²) < 4.78 is 34.4. The minimum atomic E-state index is -4.16. The summed E-state index contributed by atoms with van der Waals surface area (Å²) in [6, 6.07) is 21.6. The number of aryl methyl sites for hydroxylation is 1. The fourth-order valence-electron chi connectivity index (χ4n) is 5.01. The number of hydrogen-bond acceptors (Lipinski definition) is 5. The van der Waals surface area contributed by atoms with E-state index in [4.69, 9.17) is 4.74 Å². The molecule has 0 radical (unpaired) electrons. The van der Waals surface area contributed by atoms with Crippen molar-refractivity contribution < 1.29 is 22.7 Å². The number of carbonyl (C=O) groups excluding carboxylic acids is 2. The Balaban J connectivity index is 1.71. The molecule has 0 heterocycles. The molecule has 40 heavy (non-hydrogen) atoms. The maximum Gasteiger partial charge on any atom is 0.264 e. The second kappa shape index (κ2) is 13.0. The van der Waals surface area contributed by atoms with E-state index in [1.165, 1.54) is 24.1 Å². The third-order valence-corrected chi connectivity index (χ3v) is 9.21. The van der Waals surface area contributed by atoms with Gasteiger partial charge < -0.3 is 15.0 Å². The van der Waals surface area contributed by atoms with E-state index in [1.54, 1.807) is 49.4 Å². The maximum absolute atomic E-state index is 14.1. The predicted octanol–water partition coefficient (Wildman–Crippen LogP) is 4.68. The monoisotopic (exact) mass is 563 g/mol. The molecule has 3 aromatic rings. The molecule has 8 nitrogen and oxygen atoms in total. The van der Waals surface area contributed by atoms with E-state index in [-0.39, 0.29) is 29.1 Å². The maximum atomic E-state index is 14.1. The number of para-hydroxylation sites is 2. The summed E-state index contributed by atoms with van der Waals surface area (Å²) >= 11 is 0. The summed E-state index contributed by atoms with van der Waals surface area (Å²) in [4.78, 5) is 29.0. The van der Waals surface area contributed by atoms with Crippen LogP contribution >= 0.6 is 0 Å². The molecule has 3 aromatic carbocycles. The first-order valence-corrected chi connectivity index (χ1v) is 15.0. The lowest BCUT2D eigenvalue weighted by Crippen LogP contribution is -2.52. The Kier molecular flexibility index (Phi) is 9.47. The molecule has 0 unspecified atom stereocenters. The molecule has 0 aromatic heterocycles. The van der Waals surface area contributed by atoms with Crippen LogP contribution < -0.4 is 14.4 Å². The Morgan fingerprint density at radius 3 is 2.25 bits per heavy atom. The van der Waals surface area contributed by atoms with Crippen molar-refractivity contribution in [1.29, 1.82) is 0 Å². The van der Waals surface area contributed by atoms with Gasteiger partial charge in [0, 0.05) is 12.6 Å². The summed E-state index contributed by atoms with van der Waals surface area (Å²) in [6.07, 6.45) is 3.97. The lowest BCUT2D eigenvalue weighted by molar-refractivity contribution is -0.139. The minimum absolute atomic E-state index is 0.0474. The van der Waals surface area contributed by atoms with Crippen molar-refractivity contribution in [3.8, 4) is 5.75 Å². The van der Waals surface area contributed by atoms with Crippen LogP contribution in [0.25, 0.3) is 0 Å². The number of ether oxygens (including phenoxy) is 1. The predicted molar refractivity (Wildman–Crippen MR) is 156 cm³/mol. The standard InChI is InChI=1S/C31H37N3O5S/c1-23-13-7-8-14-25(23)21-33(24(2)31(36)32-26-15-9-10-16-26)30(35)22-34(28-19-11-12-20-29(28)39-3)40(37,38)27-17-5-4-6-18-27/h4-8,11-14,17-20,24,26H,9-10,15-16,21-22H2,1-3H3,(H,32,36)/t24-/m1/s1. The third kappa shape index (κ3) is 6.65. The number of amides is 2. The van der Waals surface area contributed by atoms with Crippen molar-refractivity contribution in [1.82, 2.24) is 10.2 Å². The number of nitrogens with zero attached hydrogens (tertiary/aromatic N) is 2. The van der Waals surface area contributed by atoms with Crippen LogP contribution in [-0.4, -0.2) is 50.9 Å². The normalized spacial score (nSPS) is 14.4. The van der Waals surface area contributed by atoms with Crippen molar-refractivity contribution >= 4 is 27.5 Å². The highest BCUT2D eigenvalue weighted by molar-refractivity contribution is 7.92. The molecule has 1 aliphatic carbocycles. The minimum Gasteiger partial charge on any atom is -0.495 e. The Bertz CT molecular complexity index is 1420. The SMILES string of the molecule is COc1ccccc1N(CC(=O)N(Cc1ccccc1C)[C@H](C)C(=O)NC1CCCC1)S(=O)(=O)c1ccccc1. The lowest BCUT2D eigenvalue weighted by atomic mass is 10.1. The molecule has 212 valence electrons. The fraction of sp³-hybridized carbons (Fsp3) is 0.355. The number of hydrogen-bond donors (Lipinski definition) is 1. The number of sulfonamides is 1. The first kappa shape index (κ1) is 29.1. The van der Waals surface area contributed by atoms with Crippen molar-refractivity contribution in [3.63, 3.8) is 0 Å². The van der Waals surface area contributed by atoms with Crippen LogP contribution in [0.3, 0.4) is 0 Å². The van der Waals surface area contributed by atoms with Crippen LogP contribution in [0.1, 0.15) is 43.7 Å². The zero-order valence-corrected chi connectivity index (χ0v) is 24.1. The number of carbonyl (C=O) groups is 2. The molecule has 1 saturated carbocycles. The van der Waals surface area contributed by atoms with Crippen LogP contribution in [0.5, 0.6) is 5.75 Å². The molecular weight excluding hydrogens is 526 g/mol. The van der Waals surface area contributed by atoms with E-state index in [0.29, 0.717) is 5.75 Å². The van der Waals surface area contributed by atoms with Gasteiger partial charge >= 0.3 is 0 Å². The molecular formula is C31H37N3O5S. The second-order valence-corrected chi connectivity index (χ2v) is 12.0. The summed E-state index contributed by atoms with van der Waals surface area (Å²) in [5, 5.41) is 3.09. The van der Waals surface area contributed by atoms with E-state index >= 15 is 0 Å². The van der Waals surface area contributed by atoms with E-state index < -0.39 is 28.5 Å². The van der Waals surface area contributed by atoms with Crippen LogP contribution in [0.2, 0.25) is 0 Å². The molecule has 0 bridgehead atoms. The molecule has 0 spiro atoms. The number of anilines is 1. The Morgan fingerprint density at radius 1 is 0.950 bits per heavy atom. The third-order valence-electron chi connectivity index (χ3n) is 7.43. The van der Waals surface area contributed by atoms with Gasteiger partial charge in [0.2, 0.25) is 11.8 Å². The molecule has 0 saturated heterocycles. The van der Waals surface area contributed by atoms with Gasteiger partial charge in [-0.2, -0.15) is 0 Å². The number of rotatable bonds is 11. The number of methoxy groups -OCH3 is 1. The number of nitrogens with one attached hydrogen (secondary N) is 1. The Morgan fingerprint density at radius 2 is 1.57 bits per heavy atom. The Labute approximate surface area is 237 Å². The highest BCUT2D eigenvalue weighted by atomic mass is 32.2. The van der Waals surface area contributed by atoms with Gasteiger partial charge in [0.15, 0.2) is 0 Å². The smallest absolute Gasteiger partial charge is 0.264 e. The molecule has 1 atom stereocenters. The van der Waals surface area contributed by atoms with E-state index in [9.17, 15) is 18.0 Å².